The number of hydrogen-bond acceptors (Lipinski definition) is 4. The predicted octanol–water partition coefficient (Wildman–Crippen LogP) is 1.97. The summed E-state index contributed by atoms with van der Waals surface area (Å²) >= 11 is 3.40. The zero-order valence-corrected chi connectivity index (χ0v) is 12.9. The van der Waals surface area contributed by atoms with Gasteiger partial charge in [-0.2, -0.15) is 5.10 Å². The van der Waals surface area contributed by atoms with Crippen LogP contribution in [0.2, 0.25) is 0 Å². The average molecular weight is 329 g/mol. The van der Waals surface area contributed by atoms with Gasteiger partial charge in [-0.15, -0.1) is 0 Å². The predicted molar refractivity (Wildman–Crippen MR) is 80.6 cm³/mol. The number of rotatable bonds is 5. The topological polar surface area (TPSA) is 59.0 Å². The molecule has 0 aliphatic carbocycles. The van der Waals surface area contributed by atoms with E-state index >= 15 is 0 Å². The molecule has 6 heteroatoms. The molecule has 1 aromatic heterocycles. The minimum atomic E-state index is -0.0487. The molecule has 0 radical (unpaired) electrons. The number of nitrogens with one attached hydrogen (secondary N) is 2. The van der Waals surface area contributed by atoms with Crippen LogP contribution in [0.25, 0.3) is 0 Å². The molecule has 5 nitrogen and oxygen atoms in total. The highest BCUT2D eigenvalue weighted by Crippen LogP contribution is 2.19. The summed E-state index contributed by atoms with van der Waals surface area (Å²) in [5, 5.41) is 11.0. The monoisotopic (exact) mass is 328 g/mol. The summed E-state index contributed by atoms with van der Waals surface area (Å²) in [5.74, 6) is 0. The first kappa shape index (κ1) is 14.5. The number of unbranched alkanes of at least 4 members (excludes halogenated alkanes) is 1. The second-order valence-corrected chi connectivity index (χ2v) is 5.72. The van der Waals surface area contributed by atoms with Gasteiger partial charge in [-0.05, 0) is 48.3 Å². The molecular formula is C13H21BrN4O. The van der Waals surface area contributed by atoms with Crippen LogP contribution in [0, 0.1) is 0 Å². The van der Waals surface area contributed by atoms with Crippen LogP contribution in [-0.2, 0) is 6.54 Å². The maximum absolute atomic E-state index is 12.1. The first-order chi connectivity index (χ1) is 9.22. The fourth-order valence-corrected chi connectivity index (χ4v) is 2.64. The summed E-state index contributed by atoms with van der Waals surface area (Å²) in [6, 6.07) is 0.422. The summed E-state index contributed by atoms with van der Waals surface area (Å²) < 4.78 is 2.12. The number of anilines is 1. The Bertz CT molecular complexity index is 468. The third kappa shape index (κ3) is 3.79. The summed E-state index contributed by atoms with van der Waals surface area (Å²) in [6.45, 7) is 4.83. The van der Waals surface area contributed by atoms with Gasteiger partial charge in [-0.1, -0.05) is 13.3 Å². The average Bonchev–Trinajstić information content (AvgIpc) is 2.44. The number of halogens is 1. The van der Waals surface area contributed by atoms with Gasteiger partial charge in [0.2, 0.25) is 0 Å². The molecule has 1 aliphatic rings. The Labute approximate surface area is 121 Å². The van der Waals surface area contributed by atoms with Crippen molar-refractivity contribution in [3.8, 4) is 0 Å². The van der Waals surface area contributed by atoms with Crippen LogP contribution in [0.3, 0.4) is 0 Å². The zero-order valence-electron chi connectivity index (χ0n) is 11.3. The van der Waals surface area contributed by atoms with Gasteiger partial charge in [-0.25, -0.2) is 4.68 Å². The molecule has 106 valence electrons. The van der Waals surface area contributed by atoms with Gasteiger partial charge in [0.05, 0.1) is 11.9 Å². The van der Waals surface area contributed by atoms with Crippen LogP contribution in [0.1, 0.15) is 32.6 Å². The zero-order chi connectivity index (χ0) is 13.7. The Hall–Kier alpha value is -0.880. The van der Waals surface area contributed by atoms with Crippen LogP contribution in [-0.4, -0.2) is 28.9 Å². The molecule has 0 atom stereocenters. The lowest BCUT2D eigenvalue weighted by Crippen LogP contribution is -2.36. The molecule has 0 amide bonds. The minimum absolute atomic E-state index is 0.0487. The molecule has 1 aliphatic heterocycles. The van der Waals surface area contributed by atoms with Gasteiger partial charge in [0, 0.05) is 12.6 Å². The second kappa shape index (κ2) is 7.05. The lowest BCUT2D eigenvalue weighted by Gasteiger charge is -2.25. The molecule has 0 bridgehead atoms. The second-order valence-electron chi connectivity index (χ2n) is 4.92. The Morgan fingerprint density at radius 3 is 2.95 bits per heavy atom. The van der Waals surface area contributed by atoms with Gasteiger partial charge >= 0.3 is 0 Å². The van der Waals surface area contributed by atoms with Crippen molar-refractivity contribution >= 4 is 21.6 Å². The van der Waals surface area contributed by atoms with E-state index in [-0.39, 0.29) is 5.56 Å². The van der Waals surface area contributed by atoms with Crippen molar-refractivity contribution in [3.05, 3.63) is 21.0 Å². The minimum Gasteiger partial charge on any atom is -0.380 e. The summed E-state index contributed by atoms with van der Waals surface area (Å²) in [4.78, 5) is 12.1. The standard InChI is InChI=1S/C13H21BrN4O/c1-2-3-8-18-13(19)12(14)11(9-16-18)17-10-4-6-15-7-5-10/h9-10,15,17H,2-8H2,1H3. The van der Waals surface area contributed by atoms with E-state index in [9.17, 15) is 4.79 Å². The van der Waals surface area contributed by atoms with Gasteiger partial charge in [0.1, 0.15) is 4.47 Å². The first-order valence-electron chi connectivity index (χ1n) is 6.95. The first-order valence-corrected chi connectivity index (χ1v) is 7.74. The van der Waals surface area contributed by atoms with E-state index in [2.05, 4.69) is 38.6 Å². The van der Waals surface area contributed by atoms with Crippen molar-refractivity contribution < 1.29 is 0 Å². The van der Waals surface area contributed by atoms with Gasteiger partial charge < -0.3 is 10.6 Å². The Kier molecular flexibility index (Phi) is 5.39. The molecule has 1 fully saturated rings. The number of piperidine rings is 1. The van der Waals surface area contributed by atoms with Crippen molar-refractivity contribution in [2.24, 2.45) is 0 Å². The van der Waals surface area contributed by atoms with E-state index in [0.717, 1.165) is 44.5 Å². The van der Waals surface area contributed by atoms with Crippen molar-refractivity contribution in [3.63, 3.8) is 0 Å². The molecule has 1 aromatic rings. The van der Waals surface area contributed by atoms with Gasteiger partial charge in [-0.3, -0.25) is 4.79 Å². The van der Waals surface area contributed by atoms with Crippen molar-refractivity contribution in [2.75, 3.05) is 18.4 Å². The largest absolute Gasteiger partial charge is 0.380 e. The maximum Gasteiger partial charge on any atom is 0.283 e. The van der Waals surface area contributed by atoms with Crippen molar-refractivity contribution in [1.82, 2.24) is 15.1 Å². The molecule has 2 heterocycles. The molecule has 19 heavy (non-hydrogen) atoms. The van der Waals surface area contributed by atoms with E-state index in [1.54, 1.807) is 6.20 Å². The van der Waals surface area contributed by atoms with Crippen molar-refractivity contribution in [1.29, 1.82) is 0 Å². The smallest absolute Gasteiger partial charge is 0.283 e. The highest BCUT2D eigenvalue weighted by molar-refractivity contribution is 9.10. The van der Waals surface area contributed by atoms with Crippen LogP contribution >= 0.6 is 15.9 Å². The highest BCUT2D eigenvalue weighted by Gasteiger charge is 2.15. The van der Waals surface area contributed by atoms with E-state index in [1.165, 1.54) is 4.68 Å². The summed E-state index contributed by atoms with van der Waals surface area (Å²) in [6.07, 6.45) is 5.93. The third-order valence-electron chi connectivity index (χ3n) is 3.41. The van der Waals surface area contributed by atoms with Crippen LogP contribution in [0.15, 0.2) is 15.5 Å². The molecular weight excluding hydrogens is 308 g/mol. The van der Waals surface area contributed by atoms with Gasteiger partial charge in [0.25, 0.3) is 5.56 Å². The Morgan fingerprint density at radius 2 is 2.26 bits per heavy atom. The SMILES string of the molecule is CCCCn1ncc(NC2CCNCC2)c(Br)c1=O. The van der Waals surface area contributed by atoms with Crippen LogP contribution < -0.4 is 16.2 Å². The van der Waals surface area contributed by atoms with E-state index in [0.29, 0.717) is 17.1 Å². The highest BCUT2D eigenvalue weighted by atomic mass is 79.9. The molecule has 2 N–H and O–H groups in total. The Morgan fingerprint density at radius 1 is 1.53 bits per heavy atom. The Balaban J connectivity index is 2.09. The molecule has 0 unspecified atom stereocenters. The lowest BCUT2D eigenvalue weighted by atomic mass is 10.1. The van der Waals surface area contributed by atoms with Crippen LogP contribution in [0.5, 0.6) is 0 Å². The number of nitrogens with zero attached hydrogens (tertiary/aromatic N) is 2. The number of aryl methyl sites for hydroxylation is 1. The quantitative estimate of drug-likeness (QED) is 0.867. The third-order valence-corrected chi connectivity index (χ3v) is 4.17. The number of hydrogen-bond donors (Lipinski definition) is 2. The molecule has 0 saturated carbocycles. The summed E-state index contributed by atoms with van der Waals surface area (Å²) in [5.41, 5.74) is 0.761. The van der Waals surface area contributed by atoms with Crippen molar-refractivity contribution in [2.45, 2.75) is 45.2 Å². The van der Waals surface area contributed by atoms with E-state index in [4.69, 9.17) is 0 Å². The van der Waals surface area contributed by atoms with Crippen LogP contribution in [0.4, 0.5) is 5.69 Å². The lowest BCUT2D eigenvalue weighted by molar-refractivity contribution is 0.478. The molecule has 0 spiro atoms. The fraction of sp³-hybridized carbons (Fsp3) is 0.692. The molecule has 1 saturated heterocycles. The fourth-order valence-electron chi connectivity index (χ4n) is 2.22. The summed E-state index contributed by atoms with van der Waals surface area (Å²) in [7, 11) is 0. The molecule has 2 rings (SSSR count). The number of aromatic nitrogens is 2. The normalized spacial score (nSPS) is 16.5. The van der Waals surface area contributed by atoms with Gasteiger partial charge in [0.15, 0.2) is 0 Å². The van der Waals surface area contributed by atoms with E-state index < -0.39 is 0 Å². The molecule has 0 aromatic carbocycles. The maximum atomic E-state index is 12.1. The van der Waals surface area contributed by atoms with E-state index in [1.807, 2.05) is 0 Å².